The Hall–Kier alpha value is -1.99. The van der Waals surface area contributed by atoms with E-state index in [2.05, 4.69) is 35.9 Å². The molecule has 0 aromatic heterocycles. The van der Waals surface area contributed by atoms with Gasteiger partial charge in [0.2, 0.25) is 0 Å². The third-order valence-corrected chi connectivity index (χ3v) is 3.92. The molecule has 0 aliphatic carbocycles. The fourth-order valence-corrected chi connectivity index (χ4v) is 2.46. The lowest BCUT2D eigenvalue weighted by Gasteiger charge is -2.09. The third kappa shape index (κ3) is 6.33. The van der Waals surface area contributed by atoms with Crippen LogP contribution in [0, 0.1) is 11.8 Å². The highest BCUT2D eigenvalue weighted by atomic mass is 16.5. The van der Waals surface area contributed by atoms with Crippen molar-refractivity contribution in [2.75, 3.05) is 32.8 Å². The first kappa shape index (κ1) is 17.4. The van der Waals surface area contributed by atoms with E-state index in [4.69, 9.17) is 4.74 Å². The van der Waals surface area contributed by atoms with E-state index in [-0.39, 0.29) is 12.5 Å². The molecule has 0 bridgehead atoms. The van der Waals surface area contributed by atoms with Gasteiger partial charge < -0.3 is 10.1 Å². The number of likely N-dealkylation sites (tertiary alicyclic amines) is 1. The summed E-state index contributed by atoms with van der Waals surface area (Å²) in [6, 6.07) is 7.86. The maximum absolute atomic E-state index is 11.7. The van der Waals surface area contributed by atoms with Crippen molar-refractivity contribution >= 4 is 5.91 Å². The number of rotatable bonds is 6. The molecule has 1 aromatic rings. The lowest BCUT2D eigenvalue weighted by molar-refractivity contribution is -0.122. The molecule has 2 rings (SSSR count). The van der Waals surface area contributed by atoms with Gasteiger partial charge in [-0.15, -0.1) is 0 Å². The van der Waals surface area contributed by atoms with Crippen LogP contribution >= 0.6 is 0 Å². The van der Waals surface area contributed by atoms with E-state index in [1.54, 1.807) is 0 Å². The van der Waals surface area contributed by atoms with Crippen LogP contribution in [0.3, 0.4) is 0 Å². The first-order valence-corrected chi connectivity index (χ1v) is 8.32. The highest BCUT2D eigenvalue weighted by molar-refractivity contribution is 5.77. The molecule has 4 heteroatoms. The molecule has 1 aliphatic heterocycles. The van der Waals surface area contributed by atoms with Crippen molar-refractivity contribution < 1.29 is 9.53 Å². The predicted molar refractivity (Wildman–Crippen MR) is 92.5 cm³/mol. The second kappa shape index (κ2) is 9.22. The van der Waals surface area contributed by atoms with Gasteiger partial charge in [0, 0.05) is 0 Å². The maximum Gasteiger partial charge on any atom is 0.258 e. The summed E-state index contributed by atoms with van der Waals surface area (Å²) in [6.45, 7) is 7.78. The largest absolute Gasteiger partial charge is 0.484 e. The van der Waals surface area contributed by atoms with Crippen LogP contribution in [0.4, 0.5) is 0 Å². The summed E-state index contributed by atoms with van der Waals surface area (Å²) in [6.07, 6.45) is 2.54. The van der Waals surface area contributed by atoms with Crippen LogP contribution in [-0.4, -0.2) is 43.6 Å². The number of amides is 1. The molecule has 0 spiro atoms. The van der Waals surface area contributed by atoms with Gasteiger partial charge in [-0.3, -0.25) is 9.69 Å². The SMILES string of the molecule is CC(C)c1ccc(OCC(=O)NCC#CCN2CCCC2)cc1. The molecule has 23 heavy (non-hydrogen) atoms. The molecular weight excluding hydrogens is 288 g/mol. The minimum absolute atomic E-state index is 0.0226. The van der Waals surface area contributed by atoms with Gasteiger partial charge in [-0.1, -0.05) is 37.8 Å². The van der Waals surface area contributed by atoms with Gasteiger partial charge in [-0.25, -0.2) is 0 Å². The molecule has 1 aromatic carbocycles. The molecule has 0 saturated carbocycles. The number of hydrogen-bond acceptors (Lipinski definition) is 3. The fraction of sp³-hybridized carbons (Fsp3) is 0.526. The number of benzene rings is 1. The molecule has 1 amide bonds. The van der Waals surface area contributed by atoms with Gasteiger partial charge in [0.25, 0.3) is 5.91 Å². The number of carbonyl (C=O) groups excluding carboxylic acids is 1. The van der Waals surface area contributed by atoms with Crippen molar-refractivity contribution in [1.29, 1.82) is 0 Å². The predicted octanol–water partition coefficient (Wildman–Crippen LogP) is 2.40. The molecule has 4 nitrogen and oxygen atoms in total. The van der Waals surface area contributed by atoms with Crippen molar-refractivity contribution in [3.63, 3.8) is 0 Å². The monoisotopic (exact) mass is 314 g/mol. The van der Waals surface area contributed by atoms with E-state index in [1.807, 2.05) is 24.3 Å². The lowest BCUT2D eigenvalue weighted by Crippen LogP contribution is -2.29. The van der Waals surface area contributed by atoms with Gasteiger partial charge >= 0.3 is 0 Å². The maximum atomic E-state index is 11.7. The molecule has 124 valence electrons. The zero-order chi connectivity index (χ0) is 16.5. The van der Waals surface area contributed by atoms with Crippen LogP contribution in [0.15, 0.2) is 24.3 Å². The van der Waals surface area contributed by atoms with Crippen LogP contribution in [0.2, 0.25) is 0 Å². The third-order valence-electron chi connectivity index (χ3n) is 3.92. The van der Waals surface area contributed by atoms with Crippen molar-refractivity contribution in [3.05, 3.63) is 29.8 Å². The summed E-state index contributed by atoms with van der Waals surface area (Å²) in [5.74, 6) is 7.14. The van der Waals surface area contributed by atoms with Gasteiger partial charge in [0.15, 0.2) is 6.61 Å². The first-order valence-electron chi connectivity index (χ1n) is 8.32. The zero-order valence-electron chi connectivity index (χ0n) is 14.1. The summed E-state index contributed by atoms with van der Waals surface area (Å²) in [5, 5.41) is 2.75. The number of ether oxygens (including phenoxy) is 1. The molecule has 0 radical (unpaired) electrons. The molecule has 1 heterocycles. The Bertz CT molecular complexity index is 549. The quantitative estimate of drug-likeness (QED) is 0.820. The second-order valence-corrected chi connectivity index (χ2v) is 6.13. The molecule has 1 N–H and O–H groups in total. The van der Waals surface area contributed by atoms with Crippen LogP contribution < -0.4 is 10.1 Å². The van der Waals surface area contributed by atoms with Crippen molar-refractivity contribution in [1.82, 2.24) is 10.2 Å². The van der Waals surface area contributed by atoms with Gasteiger partial charge in [0.1, 0.15) is 5.75 Å². The Kier molecular flexibility index (Phi) is 6.96. The molecular formula is C19H26N2O2. The van der Waals surface area contributed by atoms with Gasteiger partial charge in [-0.05, 0) is 49.5 Å². The first-order chi connectivity index (χ1) is 11.1. The molecule has 1 aliphatic rings. The smallest absolute Gasteiger partial charge is 0.258 e. The van der Waals surface area contributed by atoms with E-state index >= 15 is 0 Å². The van der Waals surface area contributed by atoms with Crippen LogP contribution in [0.25, 0.3) is 0 Å². The number of carbonyl (C=O) groups is 1. The Balaban J connectivity index is 1.62. The minimum atomic E-state index is -0.145. The highest BCUT2D eigenvalue weighted by Crippen LogP contribution is 2.18. The summed E-state index contributed by atoms with van der Waals surface area (Å²) >= 11 is 0. The Morgan fingerprint density at radius 1 is 1.22 bits per heavy atom. The summed E-state index contributed by atoms with van der Waals surface area (Å²) in [4.78, 5) is 14.0. The average molecular weight is 314 g/mol. The molecule has 1 fully saturated rings. The normalized spacial score (nSPS) is 14.4. The lowest BCUT2D eigenvalue weighted by atomic mass is 10.0. The Morgan fingerprint density at radius 2 is 1.91 bits per heavy atom. The van der Waals surface area contributed by atoms with Crippen LogP contribution in [0.1, 0.15) is 38.2 Å². The zero-order valence-corrected chi connectivity index (χ0v) is 14.1. The van der Waals surface area contributed by atoms with Crippen LogP contribution in [-0.2, 0) is 4.79 Å². The number of nitrogens with one attached hydrogen (secondary N) is 1. The fourth-order valence-electron chi connectivity index (χ4n) is 2.46. The number of nitrogens with zero attached hydrogens (tertiary/aromatic N) is 1. The topological polar surface area (TPSA) is 41.6 Å². The van der Waals surface area contributed by atoms with E-state index in [0.29, 0.717) is 18.2 Å². The number of hydrogen-bond donors (Lipinski definition) is 1. The van der Waals surface area contributed by atoms with E-state index in [1.165, 1.54) is 18.4 Å². The molecule has 0 atom stereocenters. The van der Waals surface area contributed by atoms with Crippen molar-refractivity contribution in [2.45, 2.75) is 32.6 Å². The second-order valence-electron chi connectivity index (χ2n) is 6.13. The Morgan fingerprint density at radius 3 is 2.57 bits per heavy atom. The average Bonchev–Trinajstić information content (AvgIpc) is 3.06. The van der Waals surface area contributed by atoms with Gasteiger partial charge in [0.05, 0.1) is 13.1 Å². The molecule has 1 saturated heterocycles. The van der Waals surface area contributed by atoms with Crippen molar-refractivity contribution in [3.8, 4) is 17.6 Å². The van der Waals surface area contributed by atoms with E-state index in [9.17, 15) is 4.79 Å². The van der Waals surface area contributed by atoms with E-state index < -0.39 is 0 Å². The van der Waals surface area contributed by atoms with Crippen molar-refractivity contribution in [2.24, 2.45) is 0 Å². The molecule has 0 unspecified atom stereocenters. The van der Waals surface area contributed by atoms with Gasteiger partial charge in [-0.2, -0.15) is 0 Å². The summed E-state index contributed by atoms with van der Waals surface area (Å²) < 4.78 is 5.47. The highest BCUT2D eigenvalue weighted by Gasteiger charge is 2.08. The minimum Gasteiger partial charge on any atom is -0.484 e. The van der Waals surface area contributed by atoms with Crippen LogP contribution in [0.5, 0.6) is 5.75 Å². The summed E-state index contributed by atoms with van der Waals surface area (Å²) in [7, 11) is 0. The van der Waals surface area contributed by atoms with E-state index in [0.717, 1.165) is 19.6 Å². The Labute approximate surface area is 139 Å². The summed E-state index contributed by atoms with van der Waals surface area (Å²) in [5.41, 5.74) is 1.26. The standard InChI is InChI=1S/C19H26N2O2/c1-16(2)17-7-9-18(10-8-17)23-15-19(22)20-11-3-4-12-21-13-5-6-14-21/h7-10,16H,5-6,11-15H2,1-2H3,(H,20,22).